The summed E-state index contributed by atoms with van der Waals surface area (Å²) < 4.78 is 0. The number of rotatable bonds is 6. The Morgan fingerprint density at radius 3 is 2.50 bits per heavy atom. The van der Waals surface area contributed by atoms with Crippen LogP contribution in [-0.2, 0) is 0 Å². The average molecular weight is 251 g/mol. The van der Waals surface area contributed by atoms with E-state index in [1.54, 1.807) is 0 Å². The molecule has 1 heteroatoms. The Kier molecular flexibility index (Phi) is 5.12. The van der Waals surface area contributed by atoms with Crippen molar-refractivity contribution in [3.05, 3.63) is 0 Å². The van der Waals surface area contributed by atoms with Crippen LogP contribution >= 0.6 is 0 Å². The molecule has 0 aromatic carbocycles. The molecule has 1 nitrogen and oxygen atoms in total. The Morgan fingerprint density at radius 1 is 1.11 bits per heavy atom. The topological polar surface area (TPSA) is 12.0 Å². The van der Waals surface area contributed by atoms with Crippen LogP contribution in [0, 0.1) is 17.3 Å². The van der Waals surface area contributed by atoms with E-state index in [-0.39, 0.29) is 0 Å². The highest BCUT2D eigenvalue weighted by Crippen LogP contribution is 2.49. The molecule has 0 amide bonds. The zero-order chi connectivity index (χ0) is 13.0. The molecule has 2 rings (SSSR count). The summed E-state index contributed by atoms with van der Waals surface area (Å²) >= 11 is 0. The Balaban J connectivity index is 1.70. The summed E-state index contributed by atoms with van der Waals surface area (Å²) in [5, 5.41) is 3.91. The second kappa shape index (κ2) is 6.41. The third-order valence-electron chi connectivity index (χ3n) is 5.46. The average Bonchev–Trinajstić information content (AvgIpc) is 3.10. The lowest BCUT2D eigenvalue weighted by Crippen LogP contribution is -2.34. The van der Waals surface area contributed by atoms with Gasteiger partial charge in [0, 0.05) is 12.6 Å². The SMILES string of the molecule is CCCC1(CNC2CCCC(C(C)C)CC2)CC1. The highest BCUT2D eigenvalue weighted by molar-refractivity contribution is 4.95. The van der Waals surface area contributed by atoms with Gasteiger partial charge in [0.05, 0.1) is 0 Å². The van der Waals surface area contributed by atoms with Gasteiger partial charge in [0.2, 0.25) is 0 Å². The standard InChI is InChI=1S/C17H33N/c1-4-10-17(11-12-17)13-18-16-7-5-6-15(8-9-16)14(2)3/h14-16,18H,4-13H2,1-3H3. The van der Waals surface area contributed by atoms with Crippen LogP contribution in [0.1, 0.15) is 78.6 Å². The van der Waals surface area contributed by atoms with Crippen LogP contribution in [0.3, 0.4) is 0 Å². The first-order valence-corrected chi connectivity index (χ1v) is 8.38. The van der Waals surface area contributed by atoms with Crippen LogP contribution in [0.2, 0.25) is 0 Å². The van der Waals surface area contributed by atoms with E-state index in [0.29, 0.717) is 0 Å². The Bertz CT molecular complexity index is 242. The van der Waals surface area contributed by atoms with E-state index in [2.05, 4.69) is 26.1 Å². The molecule has 0 radical (unpaired) electrons. The Hall–Kier alpha value is -0.0400. The maximum Gasteiger partial charge on any atom is 0.00674 e. The zero-order valence-electron chi connectivity index (χ0n) is 12.8. The third-order valence-corrected chi connectivity index (χ3v) is 5.46. The van der Waals surface area contributed by atoms with E-state index in [9.17, 15) is 0 Å². The van der Waals surface area contributed by atoms with E-state index < -0.39 is 0 Å². The smallest absolute Gasteiger partial charge is 0.00674 e. The van der Waals surface area contributed by atoms with E-state index in [1.165, 1.54) is 64.3 Å². The molecule has 0 aliphatic heterocycles. The summed E-state index contributed by atoms with van der Waals surface area (Å²) in [6.45, 7) is 8.44. The number of nitrogens with one attached hydrogen (secondary N) is 1. The number of hydrogen-bond acceptors (Lipinski definition) is 1. The fraction of sp³-hybridized carbons (Fsp3) is 1.00. The van der Waals surface area contributed by atoms with Crippen LogP contribution in [0.4, 0.5) is 0 Å². The van der Waals surface area contributed by atoms with E-state index >= 15 is 0 Å². The van der Waals surface area contributed by atoms with Crippen LogP contribution in [0.25, 0.3) is 0 Å². The van der Waals surface area contributed by atoms with Gasteiger partial charge in [0.25, 0.3) is 0 Å². The van der Waals surface area contributed by atoms with E-state index in [4.69, 9.17) is 0 Å². The molecular weight excluding hydrogens is 218 g/mol. The fourth-order valence-corrected chi connectivity index (χ4v) is 3.78. The molecule has 0 aromatic rings. The molecule has 0 saturated heterocycles. The first kappa shape index (κ1) is 14.4. The maximum atomic E-state index is 3.91. The van der Waals surface area contributed by atoms with Gasteiger partial charge in [-0.25, -0.2) is 0 Å². The molecule has 2 fully saturated rings. The molecule has 106 valence electrons. The van der Waals surface area contributed by atoms with E-state index in [0.717, 1.165) is 23.3 Å². The third kappa shape index (κ3) is 3.98. The molecule has 0 aromatic heterocycles. The van der Waals surface area contributed by atoms with E-state index in [1.807, 2.05) is 0 Å². The van der Waals surface area contributed by atoms with Crippen LogP contribution in [0.5, 0.6) is 0 Å². The van der Waals surface area contributed by atoms with Crippen molar-refractivity contribution in [1.82, 2.24) is 5.32 Å². The van der Waals surface area contributed by atoms with Crippen molar-refractivity contribution < 1.29 is 0 Å². The number of hydrogen-bond donors (Lipinski definition) is 1. The molecule has 18 heavy (non-hydrogen) atoms. The van der Waals surface area contributed by atoms with Crippen LogP contribution < -0.4 is 5.32 Å². The second-order valence-corrected chi connectivity index (χ2v) is 7.34. The maximum absolute atomic E-state index is 3.91. The lowest BCUT2D eigenvalue weighted by Gasteiger charge is -2.22. The summed E-state index contributed by atoms with van der Waals surface area (Å²) in [5.74, 6) is 1.88. The molecule has 2 aliphatic carbocycles. The van der Waals surface area contributed by atoms with Crippen molar-refractivity contribution in [3.63, 3.8) is 0 Å². The van der Waals surface area contributed by atoms with Gasteiger partial charge in [0.1, 0.15) is 0 Å². The summed E-state index contributed by atoms with van der Waals surface area (Å²) in [5.41, 5.74) is 0.721. The molecule has 0 bridgehead atoms. The Morgan fingerprint density at radius 2 is 1.89 bits per heavy atom. The molecule has 0 heterocycles. The lowest BCUT2D eigenvalue weighted by molar-refractivity contribution is 0.331. The van der Waals surface area contributed by atoms with Gasteiger partial charge in [-0.3, -0.25) is 0 Å². The molecular formula is C17H33N. The minimum absolute atomic E-state index is 0.721. The van der Waals surface area contributed by atoms with Crippen molar-refractivity contribution in [2.24, 2.45) is 17.3 Å². The molecule has 1 N–H and O–H groups in total. The molecule has 0 spiro atoms. The van der Waals surface area contributed by atoms with Gasteiger partial charge in [-0.05, 0) is 55.8 Å². The van der Waals surface area contributed by atoms with Crippen molar-refractivity contribution in [3.8, 4) is 0 Å². The van der Waals surface area contributed by atoms with Crippen molar-refractivity contribution in [2.75, 3.05) is 6.54 Å². The molecule has 2 aliphatic rings. The van der Waals surface area contributed by atoms with Crippen LogP contribution in [0.15, 0.2) is 0 Å². The highest BCUT2D eigenvalue weighted by atomic mass is 14.9. The van der Waals surface area contributed by atoms with Gasteiger partial charge in [-0.2, -0.15) is 0 Å². The Labute approximate surface area is 114 Å². The van der Waals surface area contributed by atoms with Crippen molar-refractivity contribution in [1.29, 1.82) is 0 Å². The van der Waals surface area contributed by atoms with Gasteiger partial charge in [0.15, 0.2) is 0 Å². The van der Waals surface area contributed by atoms with Gasteiger partial charge in [-0.1, -0.05) is 40.0 Å². The van der Waals surface area contributed by atoms with Gasteiger partial charge < -0.3 is 5.32 Å². The monoisotopic (exact) mass is 251 g/mol. The fourth-order valence-electron chi connectivity index (χ4n) is 3.78. The molecule has 2 unspecified atom stereocenters. The molecule has 2 saturated carbocycles. The van der Waals surface area contributed by atoms with Gasteiger partial charge in [-0.15, -0.1) is 0 Å². The summed E-state index contributed by atoms with van der Waals surface area (Å²) in [6.07, 6.45) is 13.0. The van der Waals surface area contributed by atoms with Crippen LogP contribution in [-0.4, -0.2) is 12.6 Å². The second-order valence-electron chi connectivity index (χ2n) is 7.34. The summed E-state index contributed by atoms with van der Waals surface area (Å²) in [6, 6.07) is 0.822. The summed E-state index contributed by atoms with van der Waals surface area (Å²) in [4.78, 5) is 0. The van der Waals surface area contributed by atoms with Gasteiger partial charge >= 0.3 is 0 Å². The minimum atomic E-state index is 0.721. The first-order valence-electron chi connectivity index (χ1n) is 8.38. The largest absolute Gasteiger partial charge is 0.313 e. The minimum Gasteiger partial charge on any atom is -0.313 e. The zero-order valence-corrected chi connectivity index (χ0v) is 12.8. The summed E-state index contributed by atoms with van der Waals surface area (Å²) in [7, 11) is 0. The first-order chi connectivity index (χ1) is 8.65. The predicted molar refractivity (Wildman–Crippen MR) is 79.8 cm³/mol. The van der Waals surface area contributed by atoms with Crippen molar-refractivity contribution in [2.45, 2.75) is 84.6 Å². The highest BCUT2D eigenvalue weighted by Gasteiger charge is 2.41. The normalized spacial score (nSPS) is 31.3. The lowest BCUT2D eigenvalue weighted by atomic mass is 9.89. The quantitative estimate of drug-likeness (QED) is 0.671. The van der Waals surface area contributed by atoms with Crippen molar-refractivity contribution >= 4 is 0 Å². The molecule has 2 atom stereocenters. The predicted octanol–water partition coefficient (Wildman–Crippen LogP) is 4.76.